The summed E-state index contributed by atoms with van der Waals surface area (Å²) in [5.41, 5.74) is 5.73. The van der Waals surface area contributed by atoms with Crippen LogP contribution >= 0.6 is 11.6 Å². The molecule has 3 heterocycles. The third-order valence-corrected chi connectivity index (χ3v) is 4.17. The second-order valence-electron chi connectivity index (χ2n) is 5.39. The Labute approximate surface area is 138 Å². The van der Waals surface area contributed by atoms with E-state index < -0.39 is 0 Å². The van der Waals surface area contributed by atoms with Crippen LogP contribution in [0.25, 0.3) is 0 Å². The van der Waals surface area contributed by atoms with Crippen LogP contribution in [0, 0.1) is 5.92 Å². The fourth-order valence-electron chi connectivity index (χ4n) is 2.64. The van der Waals surface area contributed by atoms with Crippen LogP contribution in [-0.2, 0) is 4.79 Å². The zero-order valence-electron chi connectivity index (χ0n) is 12.4. The van der Waals surface area contributed by atoms with Crippen LogP contribution in [0.5, 0.6) is 0 Å². The van der Waals surface area contributed by atoms with Crippen LogP contribution < -0.4 is 16.0 Å². The highest BCUT2D eigenvalue weighted by atomic mass is 35.5. The molecular formula is C15H17ClN6O. The Morgan fingerprint density at radius 2 is 2.22 bits per heavy atom. The topological polar surface area (TPSA) is 97.0 Å². The molecule has 1 amide bonds. The van der Waals surface area contributed by atoms with Crippen molar-refractivity contribution < 1.29 is 4.79 Å². The van der Waals surface area contributed by atoms with E-state index in [2.05, 4.69) is 20.3 Å². The van der Waals surface area contributed by atoms with Crippen molar-refractivity contribution in [2.75, 3.05) is 29.0 Å². The maximum absolute atomic E-state index is 12.4. The van der Waals surface area contributed by atoms with Crippen molar-refractivity contribution in [1.29, 1.82) is 0 Å². The van der Waals surface area contributed by atoms with Crippen molar-refractivity contribution in [2.45, 2.75) is 12.8 Å². The number of hydrogen-bond donors (Lipinski definition) is 2. The van der Waals surface area contributed by atoms with Gasteiger partial charge in [0.15, 0.2) is 5.82 Å². The van der Waals surface area contributed by atoms with Crippen molar-refractivity contribution in [3.05, 3.63) is 35.7 Å². The summed E-state index contributed by atoms with van der Waals surface area (Å²) in [4.78, 5) is 26.6. The van der Waals surface area contributed by atoms with E-state index in [0.717, 1.165) is 19.4 Å². The molecule has 3 rings (SSSR count). The second-order valence-corrected chi connectivity index (χ2v) is 5.76. The van der Waals surface area contributed by atoms with Gasteiger partial charge in [0.1, 0.15) is 23.0 Å². The van der Waals surface area contributed by atoms with E-state index >= 15 is 0 Å². The first-order chi connectivity index (χ1) is 11.1. The predicted octanol–water partition coefficient (Wildman–Crippen LogP) is 1.96. The number of carbonyl (C=O) groups is 1. The minimum absolute atomic E-state index is 0.0495. The molecule has 0 saturated carbocycles. The first-order valence-electron chi connectivity index (χ1n) is 7.38. The van der Waals surface area contributed by atoms with Crippen LogP contribution in [0.1, 0.15) is 12.8 Å². The molecule has 7 nitrogen and oxygen atoms in total. The van der Waals surface area contributed by atoms with Crippen molar-refractivity contribution >= 4 is 35.0 Å². The number of nitrogens with two attached hydrogens (primary N) is 1. The molecule has 0 radical (unpaired) electrons. The van der Waals surface area contributed by atoms with Crippen molar-refractivity contribution in [2.24, 2.45) is 5.92 Å². The minimum Gasteiger partial charge on any atom is -0.382 e. The Hall–Kier alpha value is -2.41. The number of amides is 1. The highest BCUT2D eigenvalue weighted by molar-refractivity contribution is 6.35. The van der Waals surface area contributed by atoms with Crippen molar-refractivity contribution in [1.82, 2.24) is 15.0 Å². The molecule has 1 aliphatic heterocycles. The van der Waals surface area contributed by atoms with Gasteiger partial charge in [0, 0.05) is 19.3 Å². The van der Waals surface area contributed by atoms with Gasteiger partial charge in [-0.3, -0.25) is 4.79 Å². The molecule has 1 fully saturated rings. The number of anilines is 3. The van der Waals surface area contributed by atoms with E-state index in [1.165, 1.54) is 6.33 Å². The second kappa shape index (κ2) is 6.78. The smallest absolute Gasteiger partial charge is 0.230 e. The Kier molecular flexibility index (Phi) is 4.57. The highest BCUT2D eigenvalue weighted by Gasteiger charge is 2.28. The van der Waals surface area contributed by atoms with Crippen LogP contribution in [-0.4, -0.2) is 33.9 Å². The van der Waals surface area contributed by atoms with Crippen molar-refractivity contribution in [3.8, 4) is 0 Å². The van der Waals surface area contributed by atoms with Gasteiger partial charge < -0.3 is 16.0 Å². The lowest BCUT2D eigenvalue weighted by atomic mass is 9.97. The zero-order chi connectivity index (χ0) is 16.2. The van der Waals surface area contributed by atoms with Crippen LogP contribution in [0.4, 0.5) is 17.5 Å². The molecule has 0 spiro atoms. The number of nitrogen functional groups attached to an aromatic ring is 1. The highest BCUT2D eigenvalue weighted by Crippen LogP contribution is 2.30. The summed E-state index contributed by atoms with van der Waals surface area (Å²) in [6.45, 7) is 1.32. The number of aromatic nitrogens is 3. The normalized spacial score (nSPS) is 17.8. The summed E-state index contributed by atoms with van der Waals surface area (Å²) < 4.78 is 0. The molecular weight excluding hydrogens is 316 g/mol. The van der Waals surface area contributed by atoms with Gasteiger partial charge in [0.2, 0.25) is 5.91 Å². The quantitative estimate of drug-likeness (QED) is 0.891. The number of nitrogens with one attached hydrogen (secondary N) is 1. The fraction of sp³-hybridized carbons (Fsp3) is 0.333. The first-order valence-corrected chi connectivity index (χ1v) is 7.76. The molecule has 2 aromatic heterocycles. The fourth-order valence-corrected chi connectivity index (χ4v) is 2.86. The maximum atomic E-state index is 12.4. The molecule has 23 heavy (non-hydrogen) atoms. The number of rotatable bonds is 3. The molecule has 1 unspecified atom stereocenters. The third-order valence-electron chi connectivity index (χ3n) is 3.81. The summed E-state index contributed by atoms with van der Waals surface area (Å²) in [6.07, 6.45) is 4.72. The van der Waals surface area contributed by atoms with Gasteiger partial charge in [-0.15, -0.1) is 0 Å². The number of halogens is 1. The molecule has 1 saturated heterocycles. The monoisotopic (exact) mass is 332 g/mol. The zero-order valence-corrected chi connectivity index (χ0v) is 13.2. The molecule has 1 aliphatic rings. The maximum Gasteiger partial charge on any atom is 0.230 e. The van der Waals surface area contributed by atoms with Gasteiger partial charge in [0.25, 0.3) is 0 Å². The summed E-state index contributed by atoms with van der Waals surface area (Å²) >= 11 is 6.18. The third kappa shape index (κ3) is 3.50. The van der Waals surface area contributed by atoms with Gasteiger partial charge in [-0.05, 0) is 25.0 Å². The standard InChI is InChI=1S/C15H17ClN6O/c16-12-13(17)19-9-20-14(12)22-7-3-4-10(8-22)15(23)21-11-5-1-2-6-18-11/h1-2,5-6,9-10H,3-4,7-8H2,(H2,17,19,20)(H,18,21,23). The molecule has 0 bridgehead atoms. The van der Waals surface area contributed by atoms with Crippen LogP contribution in [0.3, 0.4) is 0 Å². The Morgan fingerprint density at radius 1 is 1.35 bits per heavy atom. The first kappa shape index (κ1) is 15.5. The summed E-state index contributed by atoms with van der Waals surface area (Å²) in [5.74, 6) is 1.18. The number of carbonyl (C=O) groups excluding carboxylic acids is 1. The SMILES string of the molecule is Nc1ncnc(N2CCCC(C(=O)Nc3ccccn3)C2)c1Cl. The lowest BCUT2D eigenvalue weighted by Gasteiger charge is -2.33. The van der Waals surface area contributed by atoms with Gasteiger partial charge in [-0.1, -0.05) is 17.7 Å². The van der Waals surface area contributed by atoms with Crippen LogP contribution in [0.2, 0.25) is 5.02 Å². The number of hydrogen-bond acceptors (Lipinski definition) is 6. The average molecular weight is 333 g/mol. The molecule has 3 N–H and O–H groups in total. The largest absolute Gasteiger partial charge is 0.382 e. The van der Waals surface area contributed by atoms with Gasteiger partial charge in [0.05, 0.1) is 5.92 Å². The number of pyridine rings is 1. The van der Waals surface area contributed by atoms with E-state index in [1.807, 2.05) is 11.0 Å². The minimum atomic E-state index is -0.155. The molecule has 8 heteroatoms. The van der Waals surface area contributed by atoms with E-state index in [-0.39, 0.29) is 17.6 Å². The number of nitrogens with zero attached hydrogens (tertiary/aromatic N) is 4. The number of piperidine rings is 1. The van der Waals surface area contributed by atoms with E-state index in [0.29, 0.717) is 23.2 Å². The Bertz CT molecular complexity index is 696. The molecule has 1 atom stereocenters. The lowest BCUT2D eigenvalue weighted by Crippen LogP contribution is -2.41. The molecule has 0 aromatic carbocycles. The van der Waals surface area contributed by atoms with Crippen molar-refractivity contribution in [3.63, 3.8) is 0 Å². The molecule has 0 aliphatic carbocycles. The average Bonchev–Trinajstić information content (AvgIpc) is 2.58. The van der Waals surface area contributed by atoms with Gasteiger partial charge in [-0.2, -0.15) is 0 Å². The molecule has 2 aromatic rings. The Morgan fingerprint density at radius 3 is 3.00 bits per heavy atom. The van der Waals surface area contributed by atoms with Gasteiger partial charge >= 0.3 is 0 Å². The van der Waals surface area contributed by atoms with Gasteiger partial charge in [-0.25, -0.2) is 15.0 Å². The van der Waals surface area contributed by atoms with E-state index in [9.17, 15) is 4.79 Å². The van der Waals surface area contributed by atoms with E-state index in [1.54, 1.807) is 18.3 Å². The summed E-state index contributed by atoms with van der Waals surface area (Å²) in [6, 6.07) is 5.40. The lowest BCUT2D eigenvalue weighted by molar-refractivity contribution is -0.120. The summed E-state index contributed by atoms with van der Waals surface area (Å²) in [5, 5.41) is 3.17. The van der Waals surface area contributed by atoms with Crippen LogP contribution in [0.15, 0.2) is 30.7 Å². The molecule has 120 valence electrons. The Balaban J connectivity index is 1.71. The predicted molar refractivity (Wildman–Crippen MR) is 89.3 cm³/mol. The summed E-state index contributed by atoms with van der Waals surface area (Å²) in [7, 11) is 0. The van der Waals surface area contributed by atoms with E-state index in [4.69, 9.17) is 17.3 Å².